The van der Waals surface area contributed by atoms with Crippen LogP contribution in [0, 0.1) is 0 Å². The van der Waals surface area contributed by atoms with Gasteiger partial charge in [0.2, 0.25) is 0 Å². The third-order valence-electron chi connectivity index (χ3n) is 9.52. The summed E-state index contributed by atoms with van der Waals surface area (Å²) in [6, 6.07) is 62.4. The van der Waals surface area contributed by atoms with Crippen LogP contribution in [0.2, 0.25) is 0 Å². The first-order chi connectivity index (χ1) is 23.7. The van der Waals surface area contributed by atoms with Gasteiger partial charge in [0.05, 0.1) is 11.2 Å². The zero-order chi connectivity index (χ0) is 32.1. The van der Waals surface area contributed by atoms with Crippen molar-refractivity contribution in [2.24, 2.45) is 0 Å². The van der Waals surface area contributed by atoms with Gasteiger partial charge in [0.25, 0.3) is 0 Å². The Bertz CT molecular complexity index is 2640. The Morgan fingerprint density at radius 1 is 0.354 bits per heavy atom. The van der Waals surface area contributed by atoms with Gasteiger partial charge in [0, 0.05) is 37.6 Å². The van der Waals surface area contributed by atoms with Crippen LogP contribution in [0.25, 0.3) is 65.6 Å². The molecule has 1 aromatic heterocycles. The van der Waals surface area contributed by atoms with E-state index in [1.54, 1.807) is 0 Å². The third kappa shape index (κ3) is 4.49. The fourth-order valence-corrected chi connectivity index (χ4v) is 9.96. The van der Waals surface area contributed by atoms with Crippen molar-refractivity contribution in [3.8, 4) is 22.4 Å². The van der Waals surface area contributed by atoms with E-state index in [0.29, 0.717) is 0 Å². The number of benzene rings is 8. The molecular formula is C45H30NOP. The molecule has 9 aromatic rings. The second kappa shape index (κ2) is 11.5. The quantitative estimate of drug-likeness (QED) is 0.140. The Balaban J connectivity index is 1.22. The lowest BCUT2D eigenvalue weighted by molar-refractivity contribution is 0.592. The summed E-state index contributed by atoms with van der Waals surface area (Å²) in [6.07, 6.45) is 0. The number of rotatable bonds is 5. The van der Waals surface area contributed by atoms with Crippen molar-refractivity contribution in [3.63, 3.8) is 0 Å². The molecule has 3 heteroatoms. The zero-order valence-electron chi connectivity index (χ0n) is 26.1. The number of fused-ring (bicyclic) bond motifs is 8. The van der Waals surface area contributed by atoms with Crippen LogP contribution in [0.15, 0.2) is 182 Å². The van der Waals surface area contributed by atoms with E-state index in [4.69, 9.17) is 4.98 Å². The topological polar surface area (TPSA) is 30.0 Å². The second-order valence-electron chi connectivity index (χ2n) is 12.2. The maximum atomic E-state index is 15.1. The van der Waals surface area contributed by atoms with Gasteiger partial charge in [-0.25, -0.2) is 4.98 Å². The third-order valence-corrected chi connectivity index (χ3v) is 12.6. The number of nitrogens with zero attached hydrogens (tertiary/aromatic N) is 1. The summed E-state index contributed by atoms with van der Waals surface area (Å²) in [5, 5.41) is 11.0. The van der Waals surface area contributed by atoms with Gasteiger partial charge in [0.1, 0.15) is 0 Å². The molecule has 0 saturated carbocycles. The molecule has 0 saturated heterocycles. The van der Waals surface area contributed by atoms with Crippen molar-refractivity contribution >= 4 is 66.3 Å². The van der Waals surface area contributed by atoms with Crippen LogP contribution < -0.4 is 15.9 Å². The van der Waals surface area contributed by atoms with Gasteiger partial charge < -0.3 is 4.57 Å². The molecule has 0 atom stereocenters. The first kappa shape index (κ1) is 28.4. The molecule has 0 amide bonds. The Hall–Kier alpha value is -5.82. The number of aromatic nitrogens is 1. The van der Waals surface area contributed by atoms with E-state index >= 15 is 4.57 Å². The molecule has 9 rings (SSSR count). The number of hydrogen-bond acceptors (Lipinski definition) is 2. The van der Waals surface area contributed by atoms with Crippen LogP contribution in [-0.2, 0) is 4.57 Å². The molecule has 48 heavy (non-hydrogen) atoms. The lowest BCUT2D eigenvalue weighted by Crippen LogP contribution is -2.25. The van der Waals surface area contributed by atoms with Crippen molar-refractivity contribution in [3.05, 3.63) is 182 Å². The van der Waals surface area contributed by atoms with Crippen molar-refractivity contribution in [1.82, 2.24) is 4.98 Å². The minimum Gasteiger partial charge on any atom is -0.309 e. The maximum Gasteiger partial charge on any atom is 0.171 e. The molecule has 1 heterocycles. The average molecular weight is 632 g/mol. The van der Waals surface area contributed by atoms with Crippen LogP contribution in [-0.4, -0.2) is 4.98 Å². The van der Waals surface area contributed by atoms with Crippen molar-refractivity contribution in [2.75, 3.05) is 0 Å². The lowest BCUT2D eigenvalue weighted by atomic mass is 9.90. The van der Waals surface area contributed by atoms with E-state index in [-0.39, 0.29) is 0 Å². The predicted octanol–water partition coefficient (Wildman–Crippen LogP) is 10.7. The largest absolute Gasteiger partial charge is 0.309 e. The van der Waals surface area contributed by atoms with Gasteiger partial charge in [-0.3, -0.25) is 0 Å². The molecule has 0 spiro atoms. The maximum absolute atomic E-state index is 15.1. The van der Waals surface area contributed by atoms with Crippen molar-refractivity contribution in [1.29, 1.82) is 0 Å². The molecule has 0 aliphatic heterocycles. The monoisotopic (exact) mass is 631 g/mol. The van der Waals surface area contributed by atoms with E-state index in [2.05, 4.69) is 109 Å². The van der Waals surface area contributed by atoms with Gasteiger partial charge in [-0.1, -0.05) is 170 Å². The van der Waals surface area contributed by atoms with Gasteiger partial charge in [-0.05, 0) is 44.8 Å². The highest BCUT2D eigenvalue weighted by atomic mass is 31.2. The SMILES string of the molecule is O=P(c1ccccc1)(c1ccccc1)c1cccc(-c2ccc(-c3nc4ccccc4c4c5ccccc5c5ccccc5c34)cc2)c1. The highest BCUT2D eigenvalue weighted by molar-refractivity contribution is 7.85. The normalized spacial score (nSPS) is 11.8. The summed E-state index contributed by atoms with van der Waals surface area (Å²) in [7, 11) is -3.09. The Labute approximate surface area is 279 Å². The van der Waals surface area contributed by atoms with Gasteiger partial charge in [-0.2, -0.15) is 0 Å². The minimum absolute atomic E-state index is 0.821. The summed E-state index contributed by atoms with van der Waals surface area (Å²) >= 11 is 0. The highest BCUT2D eigenvalue weighted by Crippen LogP contribution is 2.44. The van der Waals surface area contributed by atoms with Crippen LogP contribution in [0.3, 0.4) is 0 Å². The molecular weight excluding hydrogens is 601 g/mol. The van der Waals surface area contributed by atoms with Crippen LogP contribution in [0.5, 0.6) is 0 Å². The summed E-state index contributed by atoms with van der Waals surface area (Å²) in [4.78, 5) is 5.31. The summed E-state index contributed by atoms with van der Waals surface area (Å²) in [5.74, 6) is 0. The molecule has 0 N–H and O–H groups in total. The standard InChI is InChI=1S/C45H30NOP/c47-48(34-15-3-1-4-16-34,35-17-5-2-6-18-35)36-19-13-14-33(30-36)31-26-28-32(29-27-31)45-44-40-23-10-8-21-38(40)37-20-7-9-22-39(37)43(44)41-24-11-12-25-42(41)46-45/h1-30H. The number of pyridine rings is 1. The lowest BCUT2D eigenvalue weighted by Gasteiger charge is -2.20. The van der Waals surface area contributed by atoms with E-state index in [1.807, 2.05) is 72.8 Å². The van der Waals surface area contributed by atoms with E-state index in [1.165, 1.54) is 32.3 Å². The van der Waals surface area contributed by atoms with E-state index < -0.39 is 7.14 Å². The van der Waals surface area contributed by atoms with Gasteiger partial charge >= 0.3 is 0 Å². The van der Waals surface area contributed by atoms with Crippen LogP contribution in [0.1, 0.15) is 0 Å². The fraction of sp³-hybridized carbons (Fsp3) is 0. The van der Waals surface area contributed by atoms with Gasteiger partial charge in [0.15, 0.2) is 7.14 Å². The summed E-state index contributed by atoms with van der Waals surface area (Å²) < 4.78 is 15.1. The van der Waals surface area contributed by atoms with E-state index in [9.17, 15) is 0 Å². The second-order valence-corrected chi connectivity index (χ2v) is 15.0. The molecule has 0 aliphatic rings. The molecule has 0 unspecified atom stereocenters. The molecule has 0 radical (unpaired) electrons. The van der Waals surface area contributed by atoms with E-state index in [0.717, 1.165) is 49.2 Å². The van der Waals surface area contributed by atoms with Gasteiger partial charge in [-0.15, -0.1) is 0 Å². The first-order valence-electron chi connectivity index (χ1n) is 16.2. The number of hydrogen-bond donors (Lipinski definition) is 0. The minimum atomic E-state index is -3.09. The molecule has 0 fully saturated rings. The van der Waals surface area contributed by atoms with Crippen LogP contribution >= 0.6 is 7.14 Å². The zero-order valence-corrected chi connectivity index (χ0v) is 27.0. The molecule has 8 aromatic carbocycles. The molecule has 0 bridgehead atoms. The molecule has 2 nitrogen and oxygen atoms in total. The smallest absolute Gasteiger partial charge is 0.171 e. The predicted molar refractivity (Wildman–Crippen MR) is 205 cm³/mol. The van der Waals surface area contributed by atoms with Crippen molar-refractivity contribution < 1.29 is 4.57 Å². The van der Waals surface area contributed by atoms with Crippen molar-refractivity contribution in [2.45, 2.75) is 0 Å². The highest BCUT2D eigenvalue weighted by Gasteiger charge is 2.29. The Morgan fingerprint density at radius 3 is 1.46 bits per heavy atom. The Morgan fingerprint density at radius 2 is 0.833 bits per heavy atom. The number of para-hydroxylation sites is 1. The van der Waals surface area contributed by atoms with Crippen LogP contribution in [0.4, 0.5) is 0 Å². The Kier molecular flexibility index (Phi) is 6.78. The molecule has 0 aliphatic carbocycles. The summed E-state index contributed by atoms with van der Waals surface area (Å²) in [5.41, 5.74) is 5.11. The fourth-order valence-electron chi connectivity index (χ4n) is 7.26. The average Bonchev–Trinajstić information content (AvgIpc) is 3.18. The summed E-state index contributed by atoms with van der Waals surface area (Å²) in [6.45, 7) is 0. The first-order valence-corrected chi connectivity index (χ1v) is 18.0. The molecule has 226 valence electrons.